The number of amides is 1. The summed E-state index contributed by atoms with van der Waals surface area (Å²) in [5.74, 6) is -1.22. The zero-order valence-corrected chi connectivity index (χ0v) is 15.2. The highest BCUT2D eigenvalue weighted by atomic mass is 35.5. The van der Waals surface area contributed by atoms with Crippen LogP contribution in [0.15, 0.2) is 48.5 Å². The molecule has 24 heavy (non-hydrogen) atoms. The lowest BCUT2D eigenvalue weighted by atomic mass is 10.1. The standard InChI is InChI=1S/C17H17Cl2NO3S/c18-14-8-9-16(15(19)11-14)20-17(21)12-24(22,23)10-4-7-13-5-2-1-3-6-13/h1-3,5-6,8-9,11H,4,7,10,12H2,(H,20,21). The number of rotatable bonds is 7. The maximum atomic E-state index is 12.0. The molecule has 1 amide bonds. The van der Waals surface area contributed by atoms with Gasteiger partial charge in [-0.2, -0.15) is 0 Å². The van der Waals surface area contributed by atoms with Crippen LogP contribution in [0.4, 0.5) is 5.69 Å². The smallest absolute Gasteiger partial charge is 0.239 e. The number of hydrogen-bond donors (Lipinski definition) is 1. The zero-order valence-electron chi connectivity index (χ0n) is 12.8. The van der Waals surface area contributed by atoms with Crippen molar-refractivity contribution in [2.75, 3.05) is 16.8 Å². The molecule has 0 radical (unpaired) electrons. The molecule has 2 aromatic rings. The van der Waals surface area contributed by atoms with Gasteiger partial charge in [-0.15, -0.1) is 0 Å². The average molecular weight is 386 g/mol. The molecule has 0 atom stereocenters. The van der Waals surface area contributed by atoms with Gasteiger partial charge in [-0.1, -0.05) is 53.5 Å². The maximum absolute atomic E-state index is 12.0. The normalized spacial score (nSPS) is 11.2. The second-order valence-electron chi connectivity index (χ2n) is 5.35. The van der Waals surface area contributed by atoms with E-state index in [1.807, 2.05) is 30.3 Å². The van der Waals surface area contributed by atoms with Crippen molar-refractivity contribution in [3.8, 4) is 0 Å². The second-order valence-corrected chi connectivity index (χ2v) is 8.38. The zero-order chi connectivity index (χ0) is 17.6. The summed E-state index contributed by atoms with van der Waals surface area (Å²) in [5, 5.41) is 3.19. The topological polar surface area (TPSA) is 63.2 Å². The first kappa shape index (κ1) is 18.8. The highest BCUT2D eigenvalue weighted by molar-refractivity contribution is 7.92. The van der Waals surface area contributed by atoms with Crippen molar-refractivity contribution < 1.29 is 13.2 Å². The minimum Gasteiger partial charge on any atom is -0.324 e. The molecular weight excluding hydrogens is 369 g/mol. The summed E-state index contributed by atoms with van der Waals surface area (Å²) in [6.45, 7) is 0. The van der Waals surface area contributed by atoms with Crippen molar-refractivity contribution in [2.24, 2.45) is 0 Å². The van der Waals surface area contributed by atoms with Gasteiger partial charge in [-0.3, -0.25) is 4.79 Å². The van der Waals surface area contributed by atoms with E-state index < -0.39 is 21.5 Å². The van der Waals surface area contributed by atoms with Crippen LogP contribution in [0, 0.1) is 0 Å². The van der Waals surface area contributed by atoms with Crippen molar-refractivity contribution in [2.45, 2.75) is 12.8 Å². The summed E-state index contributed by atoms with van der Waals surface area (Å²) in [5.41, 5.74) is 1.41. The summed E-state index contributed by atoms with van der Waals surface area (Å²) >= 11 is 11.7. The van der Waals surface area contributed by atoms with Crippen LogP contribution >= 0.6 is 23.2 Å². The molecule has 2 rings (SSSR count). The summed E-state index contributed by atoms with van der Waals surface area (Å²) in [6.07, 6.45) is 1.13. The number of sulfone groups is 1. The summed E-state index contributed by atoms with van der Waals surface area (Å²) in [7, 11) is -3.47. The first-order chi connectivity index (χ1) is 11.4. The van der Waals surface area contributed by atoms with Crippen LogP contribution in [-0.4, -0.2) is 25.8 Å². The molecule has 0 spiro atoms. The van der Waals surface area contributed by atoms with Crippen LogP contribution in [0.1, 0.15) is 12.0 Å². The molecule has 4 nitrogen and oxygen atoms in total. The van der Waals surface area contributed by atoms with E-state index in [2.05, 4.69) is 5.32 Å². The van der Waals surface area contributed by atoms with E-state index in [1.54, 1.807) is 6.07 Å². The molecule has 0 saturated heterocycles. The Bertz CT molecular complexity index is 808. The molecule has 7 heteroatoms. The Morgan fingerprint density at radius 1 is 1.04 bits per heavy atom. The van der Waals surface area contributed by atoms with Gasteiger partial charge in [0.1, 0.15) is 5.75 Å². The van der Waals surface area contributed by atoms with E-state index in [0.29, 0.717) is 23.6 Å². The molecule has 0 unspecified atom stereocenters. The molecule has 0 aliphatic heterocycles. The number of halogens is 2. The molecule has 1 N–H and O–H groups in total. The predicted octanol–water partition coefficient (Wildman–Crippen LogP) is 3.98. The maximum Gasteiger partial charge on any atom is 0.239 e. The van der Waals surface area contributed by atoms with Gasteiger partial charge in [0.15, 0.2) is 9.84 Å². The van der Waals surface area contributed by atoms with Crippen LogP contribution in [0.5, 0.6) is 0 Å². The Morgan fingerprint density at radius 2 is 1.75 bits per heavy atom. The van der Waals surface area contributed by atoms with Gasteiger partial charge < -0.3 is 5.32 Å². The van der Waals surface area contributed by atoms with Gasteiger partial charge >= 0.3 is 0 Å². The summed E-state index contributed by atoms with van der Waals surface area (Å²) in [6, 6.07) is 14.2. The molecular formula is C17H17Cl2NO3S. The Kier molecular flexibility index (Phi) is 6.66. The Labute approximate surface area is 151 Å². The van der Waals surface area contributed by atoms with Crippen molar-refractivity contribution in [1.82, 2.24) is 0 Å². The molecule has 0 aliphatic rings. The molecule has 2 aromatic carbocycles. The van der Waals surface area contributed by atoms with Crippen LogP contribution in [0.3, 0.4) is 0 Å². The fraction of sp³-hybridized carbons (Fsp3) is 0.235. The SMILES string of the molecule is O=C(CS(=O)(=O)CCCc1ccccc1)Nc1ccc(Cl)cc1Cl. The van der Waals surface area contributed by atoms with Crippen molar-refractivity contribution in [3.63, 3.8) is 0 Å². The highest BCUT2D eigenvalue weighted by Gasteiger charge is 2.17. The van der Waals surface area contributed by atoms with E-state index in [1.165, 1.54) is 12.1 Å². The van der Waals surface area contributed by atoms with Crippen LogP contribution in [-0.2, 0) is 21.1 Å². The quantitative estimate of drug-likeness (QED) is 0.783. The lowest BCUT2D eigenvalue weighted by Gasteiger charge is -2.08. The first-order valence-electron chi connectivity index (χ1n) is 7.35. The Morgan fingerprint density at radius 3 is 2.42 bits per heavy atom. The van der Waals surface area contributed by atoms with E-state index in [0.717, 1.165) is 5.56 Å². The molecule has 0 aliphatic carbocycles. The van der Waals surface area contributed by atoms with Gasteiger partial charge in [0.2, 0.25) is 5.91 Å². The summed E-state index contributed by atoms with van der Waals surface area (Å²) in [4.78, 5) is 11.9. The van der Waals surface area contributed by atoms with E-state index in [4.69, 9.17) is 23.2 Å². The number of benzene rings is 2. The van der Waals surface area contributed by atoms with E-state index in [-0.39, 0.29) is 10.8 Å². The fourth-order valence-corrected chi connectivity index (χ4v) is 3.85. The largest absolute Gasteiger partial charge is 0.324 e. The van der Waals surface area contributed by atoms with Crippen LogP contribution in [0.25, 0.3) is 0 Å². The minimum absolute atomic E-state index is 0.0380. The minimum atomic E-state index is -3.47. The monoisotopic (exact) mass is 385 g/mol. The number of carbonyl (C=O) groups excluding carboxylic acids is 1. The average Bonchev–Trinajstić information content (AvgIpc) is 2.50. The lowest BCUT2D eigenvalue weighted by molar-refractivity contribution is -0.113. The van der Waals surface area contributed by atoms with Gasteiger partial charge in [-0.25, -0.2) is 8.42 Å². The van der Waals surface area contributed by atoms with Crippen molar-refractivity contribution in [1.29, 1.82) is 0 Å². The molecule has 0 saturated carbocycles. The number of nitrogens with one attached hydrogen (secondary N) is 1. The third-order valence-electron chi connectivity index (χ3n) is 3.32. The molecule has 0 aromatic heterocycles. The van der Waals surface area contributed by atoms with Gasteiger partial charge in [0, 0.05) is 5.02 Å². The number of anilines is 1. The number of aryl methyl sites for hydroxylation is 1. The predicted molar refractivity (Wildman–Crippen MR) is 98.5 cm³/mol. The van der Waals surface area contributed by atoms with E-state index >= 15 is 0 Å². The van der Waals surface area contributed by atoms with Gasteiger partial charge in [-0.05, 0) is 36.6 Å². The third kappa shape index (κ3) is 6.15. The molecule has 128 valence electrons. The second kappa shape index (κ2) is 8.51. The molecule has 0 bridgehead atoms. The van der Waals surface area contributed by atoms with E-state index in [9.17, 15) is 13.2 Å². The molecule has 0 fully saturated rings. The fourth-order valence-electron chi connectivity index (χ4n) is 2.19. The van der Waals surface area contributed by atoms with Gasteiger partial charge in [0.05, 0.1) is 16.5 Å². The van der Waals surface area contributed by atoms with Crippen molar-refractivity contribution in [3.05, 3.63) is 64.1 Å². The van der Waals surface area contributed by atoms with Crippen molar-refractivity contribution >= 4 is 44.6 Å². The number of carbonyl (C=O) groups is 1. The summed E-state index contributed by atoms with van der Waals surface area (Å²) < 4.78 is 24.1. The Balaban J connectivity index is 1.85. The highest BCUT2D eigenvalue weighted by Crippen LogP contribution is 2.25. The van der Waals surface area contributed by atoms with Crippen LogP contribution < -0.4 is 5.32 Å². The number of hydrogen-bond acceptors (Lipinski definition) is 3. The first-order valence-corrected chi connectivity index (χ1v) is 9.93. The van der Waals surface area contributed by atoms with Gasteiger partial charge in [0.25, 0.3) is 0 Å². The van der Waals surface area contributed by atoms with Crippen LogP contribution in [0.2, 0.25) is 10.0 Å². The Hall–Kier alpha value is -1.56. The molecule has 0 heterocycles. The third-order valence-corrected chi connectivity index (χ3v) is 5.48. The lowest BCUT2D eigenvalue weighted by Crippen LogP contribution is -2.25.